The number of nitrogens with one attached hydrogen (secondary N) is 2. The predicted octanol–water partition coefficient (Wildman–Crippen LogP) is 6.70. The summed E-state index contributed by atoms with van der Waals surface area (Å²) in [6.45, 7) is 11.0. The summed E-state index contributed by atoms with van der Waals surface area (Å²) in [4.78, 5) is 38.7. The van der Waals surface area contributed by atoms with Crippen LogP contribution < -0.4 is 21.1 Å². The molecule has 2 amide bonds. The summed E-state index contributed by atoms with van der Waals surface area (Å²) >= 11 is 0. The monoisotopic (exact) mass is 658 g/mol. The molecule has 1 saturated heterocycles. The Bertz CT molecular complexity index is 1390. The number of hydrogen-bond donors (Lipinski definition) is 3. The number of likely N-dealkylation sites (tertiary alicyclic amines) is 1. The molecule has 1 atom stereocenters. The van der Waals surface area contributed by atoms with Crippen LogP contribution in [-0.2, 0) is 27.2 Å². The normalized spacial score (nSPS) is 21.6. The minimum Gasteiger partial charge on any atom is -0.487 e. The van der Waals surface area contributed by atoms with Gasteiger partial charge in [-0.1, -0.05) is 74.7 Å². The quantitative estimate of drug-likeness (QED) is 0.272. The lowest BCUT2D eigenvalue weighted by atomic mass is 9.88. The molecule has 3 aliphatic rings. The van der Waals surface area contributed by atoms with Crippen molar-refractivity contribution in [3.05, 3.63) is 88.8 Å². The van der Waals surface area contributed by atoms with E-state index < -0.39 is 0 Å². The van der Waals surface area contributed by atoms with Gasteiger partial charge >= 0.3 is 0 Å². The molecule has 8 heteroatoms. The van der Waals surface area contributed by atoms with E-state index in [0.717, 1.165) is 57.2 Å². The zero-order valence-electron chi connectivity index (χ0n) is 29.7. The highest BCUT2D eigenvalue weighted by atomic mass is 16.5. The van der Waals surface area contributed by atoms with E-state index in [1.165, 1.54) is 34.4 Å². The maximum atomic E-state index is 12.6. The molecule has 8 nitrogen and oxygen atoms in total. The van der Waals surface area contributed by atoms with Crippen LogP contribution in [0.15, 0.2) is 72.1 Å². The third-order valence-electron chi connectivity index (χ3n) is 8.89. The highest BCUT2D eigenvalue weighted by Crippen LogP contribution is 2.36. The highest BCUT2D eigenvalue weighted by Gasteiger charge is 2.31. The summed E-state index contributed by atoms with van der Waals surface area (Å²) in [5.41, 5.74) is 10.4. The van der Waals surface area contributed by atoms with Gasteiger partial charge < -0.3 is 26.0 Å². The molecule has 0 spiro atoms. The van der Waals surface area contributed by atoms with Crippen molar-refractivity contribution in [3.8, 4) is 5.75 Å². The molecule has 262 valence electrons. The molecule has 2 aromatic carbocycles. The first-order chi connectivity index (χ1) is 23.2. The number of amides is 2. The van der Waals surface area contributed by atoms with Crippen LogP contribution in [0.2, 0.25) is 0 Å². The van der Waals surface area contributed by atoms with Crippen LogP contribution in [0.1, 0.15) is 102 Å². The molecule has 3 heterocycles. The maximum absolute atomic E-state index is 12.6. The number of aryl methyl sites for hydroxylation is 3. The molecule has 0 bridgehead atoms. The molecule has 48 heavy (non-hydrogen) atoms. The van der Waals surface area contributed by atoms with Gasteiger partial charge in [-0.25, -0.2) is 0 Å². The molecule has 2 aromatic rings. The minimum absolute atomic E-state index is 0.0506. The predicted molar refractivity (Wildman–Crippen MR) is 195 cm³/mol. The van der Waals surface area contributed by atoms with E-state index >= 15 is 0 Å². The Kier molecular flexibility index (Phi) is 16.4. The van der Waals surface area contributed by atoms with Gasteiger partial charge in [0, 0.05) is 38.7 Å². The van der Waals surface area contributed by atoms with E-state index in [-0.39, 0.29) is 23.2 Å². The molecule has 4 N–H and O–H groups in total. The molecular formula is C40H58N4O4. The first-order valence-electron chi connectivity index (χ1n) is 18.0. The van der Waals surface area contributed by atoms with Crippen LogP contribution in [-0.4, -0.2) is 54.3 Å². The fourth-order valence-electron chi connectivity index (χ4n) is 6.04. The summed E-state index contributed by atoms with van der Waals surface area (Å²) in [6.07, 6.45) is 13.9. The summed E-state index contributed by atoms with van der Waals surface area (Å²) in [6, 6.07) is 16.9. The van der Waals surface area contributed by atoms with Crippen LogP contribution in [0.5, 0.6) is 5.75 Å². The zero-order valence-corrected chi connectivity index (χ0v) is 29.7. The molecule has 0 saturated carbocycles. The lowest BCUT2D eigenvalue weighted by Crippen LogP contribution is -2.36. The Morgan fingerprint density at radius 3 is 2.46 bits per heavy atom. The summed E-state index contributed by atoms with van der Waals surface area (Å²) in [7, 11) is 0. The van der Waals surface area contributed by atoms with Crippen LogP contribution in [0.4, 0.5) is 0 Å². The smallest absolute Gasteiger partial charge is 0.252 e. The van der Waals surface area contributed by atoms with Gasteiger partial charge in [0.05, 0.1) is 11.3 Å². The van der Waals surface area contributed by atoms with Gasteiger partial charge in [-0.3, -0.25) is 14.4 Å². The second-order valence-electron chi connectivity index (χ2n) is 13.1. The second-order valence-corrected chi connectivity index (χ2v) is 13.1. The number of benzene rings is 2. The number of allylic oxidation sites excluding steroid dienone is 1. The first kappa shape index (κ1) is 38.5. The van der Waals surface area contributed by atoms with Crippen molar-refractivity contribution in [1.82, 2.24) is 15.5 Å². The van der Waals surface area contributed by atoms with Gasteiger partial charge in [-0.2, -0.15) is 0 Å². The van der Waals surface area contributed by atoms with E-state index in [1.54, 1.807) is 12.3 Å². The van der Waals surface area contributed by atoms with Crippen LogP contribution in [0.25, 0.3) is 0 Å². The number of Topliss-reactive ketones (excluding diaryl/α,β-unsaturated/α-hetero) is 1. The van der Waals surface area contributed by atoms with Gasteiger partial charge in [0.1, 0.15) is 11.4 Å². The van der Waals surface area contributed by atoms with Crippen molar-refractivity contribution >= 4 is 17.6 Å². The fraction of sp³-hybridized carbons (Fsp3) is 0.525. The SMILES string of the molecule is CCCC1(C)CCc2cc(CC)ccc2O1.Cc1ccccc1.NCCCNC(=O)C1=C/NCCCCCC(=O)/C(N2CCCC2=O)=C\1. The molecule has 1 fully saturated rings. The maximum Gasteiger partial charge on any atom is 0.252 e. The van der Waals surface area contributed by atoms with E-state index in [0.29, 0.717) is 50.2 Å². The number of ketones is 1. The third kappa shape index (κ3) is 12.6. The standard InChI is InChI=1S/C18H28N4O3.C15H22O.C7H8/c19-8-5-10-21-18(25)14-12-15(22-11-4-7-17(22)24)16(23)6-2-1-3-9-20-13-14;1-4-9-15(3)10-8-13-11-12(5-2)6-7-14(13)16-15;1-7-5-3-2-4-6-7/h12-13,20H,1-11,19H2,(H,21,25);6-7,11H,4-5,8-10H2,1-3H3;2-6H,1H3/b14-13+,15-12+;;. The number of rotatable bonds is 8. The third-order valence-corrected chi connectivity index (χ3v) is 8.89. The number of nitrogens with zero attached hydrogens (tertiary/aromatic N) is 1. The molecule has 0 aromatic heterocycles. The lowest BCUT2D eigenvalue weighted by molar-refractivity contribution is -0.129. The first-order valence-corrected chi connectivity index (χ1v) is 18.0. The summed E-state index contributed by atoms with van der Waals surface area (Å²) in [5.74, 6) is 0.722. The van der Waals surface area contributed by atoms with Gasteiger partial charge in [0.15, 0.2) is 5.78 Å². The van der Waals surface area contributed by atoms with Crippen molar-refractivity contribution in [2.75, 3.05) is 26.2 Å². The fourth-order valence-corrected chi connectivity index (χ4v) is 6.04. The van der Waals surface area contributed by atoms with Crippen LogP contribution in [0.3, 0.4) is 0 Å². The average Bonchev–Trinajstić information content (AvgIpc) is 3.49. The van der Waals surface area contributed by atoms with Crippen molar-refractivity contribution in [2.24, 2.45) is 5.73 Å². The molecular weight excluding hydrogens is 600 g/mol. The number of ether oxygens (including phenoxy) is 1. The lowest BCUT2D eigenvalue weighted by Gasteiger charge is -2.36. The molecule has 1 unspecified atom stereocenters. The number of fused-ring (bicyclic) bond motifs is 1. The average molecular weight is 659 g/mol. The van der Waals surface area contributed by atoms with E-state index in [2.05, 4.69) is 68.7 Å². The molecule has 0 aliphatic carbocycles. The zero-order chi connectivity index (χ0) is 34.8. The van der Waals surface area contributed by atoms with Crippen LogP contribution >= 0.6 is 0 Å². The van der Waals surface area contributed by atoms with E-state index in [4.69, 9.17) is 10.5 Å². The Hall–Kier alpha value is -3.91. The van der Waals surface area contributed by atoms with Gasteiger partial charge in [0.2, 0.25) is 5.91 Å². The number of carbonyl (C=O) groups excluding carboxylic acids is 3. The Balaban J connectivity index is 0.000000229. The number of nitrogens with two attached hydrogens (primary N) is 1. The molecule has 5 rings (SSSR count). The minimum atomic E-state index is -0.267. The summed E-state index contributed by atoms with van der Waals surface area (Å²) in [5, 5.41) is 5.94. The largest absolute Gasteiger partial charge is 0.487 e. The van der Waals surface area contributed by atoms with Gasteiger partial charge in [0.25, 0.3) is 5.91 Å². The van der Waals surface area contributed by atoms with Crippen molar-refractivity contribution < 1.29 is 19.1 Å². The highest BCUT2D eigenvalue weighted by molar-refractivity contribution is 6.03. The van der Waals surface area contributed by atoms with E-state index in [9.17, 15) is 14.4 Å². The van der Waals surface area contributed by atoms with Gasteiger partial charge in [-0.15, -0.1) is 0 Å². The van der Waals surface area contributed by atoms with Crippen LogP contribution in [0, 0.1) is 6.92 Å². The second kappa shape index (κ2) is 20.5. The molecule has 0 radical (unpaired) electrons. The molecule has 3 aliphatic heterocycles. The van der Waals surface area contributed by atoms with Crippen molar-refractivity contribution in [3.63, 3.8) is 0 Å². The summed E-state index contributed by atoms with van der Waals surface area (Å²) < 4.78 is 6.16. The van der Waals surface area contributed by atoms with E-state index in [1.807, 2.05) is 18.2 Å². The Labute approximate surface area is 288 Å². The number of carbonyl (C=O) groups is 3. The number of hydrogen-bond acceptors (Lipinski definition) is 6. The van der Waals surface area contributed by atoms with Crippen molar-refractivity contribution in [1.29, 1.82) is 0 Å². The Morgan fingerprint density at radius 1 is 1.02 bits per heavy atom. The van der Waals surface area contributed by atoms with Crippen molar-refractivity contribution in [2.45, 2.75) is 110 Å². The Morgan fingerprint density at radius 2 is 1.81 bits per heavy atom. The van der Waals surface area contributed by atoms with Gasteiger partial charge in [-0.05, 0) is 95.0 Å². The topological polar surface area (TPSA) is 114 Å².